The van der Waals surface area contributed by atoms with E-state index in [1.54, 1.807) is 0 Å². The molecule has 1 fully saturated rings. The second-order valence-electron chi connectivity index (χ2n) is 7.99. The summed E-state index contributed by atoms with van der Waals surface area (Å²) in [6, 6.07) is 3.97. The highest BCUT2D eigenvalue weighted by Gasteiger charge is 2.73. The molecule has 14 heteroatoms. The van der Waals surface area contributed by atoms with Crippen molar-refractivity contribution in [2.75, 3.05) is 0 Å². The molecule has 36 heavy (non-hydrogen) atoms. The van der Waals surface area contributed by atoms with Gasteiger partial charge in [-0.3, -0.25) is 9.59 Å². The Balaban J connectivity index is 1.89. The monoisotopic (exact) mass is 576 g/mol. The van der Waals surface area contributed by atoms with Crippen LogP contribution in [0.5, 0.6) is 0 Å². The van der Waals surface area contributed by atoms with Crippen LogP contribution in [0, 0.1) is 5.41 Å². The van der Waals surface area contributed by atoms with Gasteiger partial charge in [0.05, 0.1) is 32.6 Å². The maximum atomic E-state index is 14.4. The first-order valence-corrected chi connectivity index (χ1v) is 11.1. The Morgan fingerprint density at radius 1 is 0.889 bits per heavy atom. The van der Waals surface area contributed by atoms with Gasteiger partial charge in [-0.15, -0.1) is 0 Å². The third kappa shape index (κ3) is 5.47. The highest BCUT2D eigenvalue weighted by Crippen LogP contribution is 2.54. The Bertz CT molecular complexity index is 1200. The number of benzene rings is 2. The Kier molecular flexibility index (Phi) is 7.70. The SMILES string of the molecule is N=C(CC(=O)c1c(Cl)cc(C(F)(C(F)(F)F)C(F)(F)F)cc1Cl)c1ccc(Cl)c(C(=O)NC2CC2)c1. The number of hydrogen-bond acceptors (Lipinski definition) is 3. The molecule has 0 heterocycles. The van der Waals surface area contributed by atoms with Crippen molar-refractivity contribution in [3.8, 4) is 0 Å². The molecule has 1 saturated carbocycles. The molecule has 0 aromatic heterocycles. The highest BCUT2D eigenvalue weighted by molar-refractivity contribution is 6.40. The van der Waals surface area contributed by atoms with Crippen LogP contribution in [-0.2, 0) is 5.67 Å². The van der Waals surface area contributed by atoms with Gasteiger partial charge in [-0.2, -0.15) is 26.3 Å². The minimum absolute atomic E-state index is 0.0169. The lowest BCUT2D eigenvalue weighted by atomic mass is 9.91. The molecule has 1 amide bonds. The molecular weight excluding hydrogens is 564 g/mol. The van der Waals surface area contributed by atoms with E-state index in [2.05, 4.69) is 5.32 Å². The number of amides is 1. The molecule has 0 radical (unpaired) electrons. The first-order chi connectivity index (χ1) is 16.5. The Morgan fingerprint density at radius 3 is 1.89 bits per heavy atom. The number of carbonyl (C=O) groups excluding carboxylic acids is 2. The molecule has 2 aromatic carbocycles. The number of rotatable bonds is 7. The molecule has 0 saturated heterocycles. The van der Waals surface area contributed by atoms with Crippen molar-refractivity contribution in [2.24, 2.45) is 0 Å². The normalized spacial score (nSPS) is 14.5. The summed E-state index contributed by atoms with van der Waals surface area (Å²) in [6.07, 6.45) is -11.9. The van der Waals surface area contributed by atoms with E-state index in [0.717, 1.165) is 12.8 Å². The standard InChI is InChI=1S/C22H14Cl3F7N2O2/c23-13-4-1-9(5-12(13)19(36)34-11-2-3-11)16(33)8-17(35)18-14(24)6-10(7-15(18)25)20(26,21(27,28)29)22(30,31)32/h1,4-7,11,33H,2-3,8H2,(H,34,36). The molecule has 0 spiro atoms. The largest absolute Gasteiger partial charge is 0.435 e. The van der Waals surface area contributed by atoms with Gasteiger partial charge >= 0.3 is 18.0 Å². The van der Waals surface area contributed by atoms with Crippen molar-refractivity contribution in [2.45, 2.75) is 43.3 Å². The van der Waals surface area contributed by atoms with Crippen molar-refractivity contribution in [1.82, 2.24) is 5.32 Å². The molecule has 194 valence electrons. The van der Waals surface area contributed by atoms with Gasteiger partial charge in [0.2, 0.25) is 0 Å². The summed E-state index contributed by atoms with van der Waals surface area (Å²) >= 11 is 17.6. The van der Waals surface area contributed by atoms with E-state index >= 15 is 0 Å². The number of hydrogen-bond donors (Lipinski definition) is 2. The molecule has 1 aliphatic rings. The second kappa shape index (κ2) is 9.83. The average Bonchev–Trinajstić information content (AvgIpc) is 3.54. The number of Topliss-reactive ketones (excluding diaryl/α,β-unsaturated/α-hetero) is 1. The first-order valence-electron chi connectivity index (χ1n) is 10.0. The Morgan fingerprint density at radius 2 is 1.42 bits per heavy atom. The number of carbonyl (C=O) groups is 2. The molecule has 1 aliphatic carbocycles. The summed E-state index contributed by atoms with van der Waals surface area (Å²) in [4.78, 5) is 25.0. The van der Waals surface area contributed by atoms with Crippen molar-refractivity contribution in [3.63, 3.8) is 0 Å². The molecule has 2 N–H and O–H groups in total. The molecule has 2 aromatic rings. The predicted molar refractivity (Wildman–Crippen MR) is 119 cm³/mol. The fourth-order valence-electron chi connectivity index (χ4n) is 3.26. The van der Waals surface area contributed by atoms with Crippen LogP contribution in [-0.4, -0.2) is 35.8 Å². The van der Waals surface area contributed by atoms with E-state index in [4.69, 9.17) is 40.2 Å². The number of halogens is 10. The zero-order valence-electron chi connectivity index (χ0n) is 17.7. The van der Waals surface area contributed by atoms with Crippen LogP contribution in [0.4, 0.5) is 30.7 Å². The summed E-state index contributed by atoms with van der Waals surface area (Å²) in [7, 11) is 0. The molecule has 0 bridgehead atoms. The molecule has 0 atom stereocenters. The Labute approximate surface area is 214 Å². The third-order valence-corrected chi connectivity index (χ3v) is 6.24. The lowest BCUT2D eigenvalue weighted by molar-refractivity contribution is -0.348. The topological polar surface area (TPSA) is 70.0 Å². The smallest absolute Gasteiger partial charge is 0.349 e. The van der Waals surface area contributed by atoms with E-state index in [1.165, 1.54) is 18.2 Å². The molecule has 3 rings (SSSR count). The van der Waals surface area contributed by atoms with Crippen LogP contribution in [0.25, 0.3) is 0 Å². The predicted octanol–water partition coefficient (Wildman–Crippen LogP) is 7.47. The van der Waals surface area contributed by atoms with E-state index in [1.807, 2.05) is 0 Å². The maximum Gasteiger partial charge on any atom is 0.435 e. The van der Waals surface area contributed by atoms with Crippen LogP contribution < -0.4 is 5.32 Å². The quantitative estimate of drug-likeness (QED) is 0.204. The summed E-state index contributed by atoms with van der Waals surface area (Å²) in [5.74, 6) is -1.53. The molecule has 4 nitrogen and oxygen atoms in total. The van der Waals surface area contributed by atoms with Crippen molar-refractivity contribution < 1.29 is 40.3 Å². The minimum Gasteiger partial charge on any atom is -0.349 e. The van der Waals surface area contributed by atoms with Gasteiger partial charge in [0.15, 0.2) is 5.78 Å². The third-order valence-electron chi connectivity index (χ3n) is 5.31. The summed E-state index contributed by atoms with van der Waals surface area (Å²) in [6.45, 7) is 0. The van der Waals surface area contributed by atoms with Crippen LogP contribution in [0.3, 0.4) is 0 Å². The molecule has 0 unspecified atom stereocenters. The van der Waals surface area contributed by atoms with Gasteiger partial charge in [0, 0.05) is 17.3 Å². The summed E-state index contributed by atoms with van der Waals surface area (Å²) in [5, 5.41) is 9.04. The average molecular weight is 578 g/mol. The number of ketones is 1. The molecular formula is C22H14Cl3F7N2O2. The zero-order chi connectivity index (χ0) is 27.2. The number of alkyl halides is 7. The second-order valence-corrected chi connectivity index (χ2v) is 9.21. The lowest BCUT2D eigenvalue weighted by Crippen LogP contribution is -2.50. The van der Waals surface area contributed by atoms with Crippen LogP contribution in [0.15, 0.2) is 30.3 Å². The first kappa shape index (κ1) is 28.2. The van der Waals surface area contributed by atoms with Gasteiger partial charge in [-0.25, -0.2) is 4.39 Å². The van der Waals surface area contributed by atoms with Gasteiger partial charge < -0.3 is 10.7 Å². The van der Waals surface area contributed by atoms with E-state index in [0.29, 0.717) is 0 Å². The summed E-state index contributed by atoms with van der Waals surface area (Å²) < 4.78 is 92.6. The van der Waals surface area contributed by atoms with E-state index in [-0.39, 0.29) is 40.0 Å². The summed E-state index contributed by atoms with van der Waals surface area (Å²) in [5.41, 5.74) is -8.68. The van der Waals surface area contributed by atoms with Gasteiger partial charge in [0.1, 0.15) is 0 Å². The van der Waals surface area contributed by atoms with E-state index in [9.17, 15) is 40.3 Å². The zero-order valence-corrected chi connectivity index (χ0v) is 19.9. The highest BCUT2D eigenvalue weighted by atomic mass is 35.5. The van der Waals surface area contributed by atoms with Crippen LogP contribution in [0.2, 0.25) is 15.1 Å². The van der Waals surface area contributed by atoms with Crippen molar-refractivity contribution in [1.29, 1.82) is 5.41 Å². The fourth-order valence-corrected chi connectivity index (χ4v) is 4.16. The van der Waals surface area contributed by atoms with Crippen LogP contribution >= 0.6 is 34.8 Å². The van der Waals surface area contributed by atoms with E-state index < -0.39 is 57.3 Å². The van der Waals surface area contributed by atoms with Crippen LogP contribution in [0.1, 0.15) is 51.1 Å². The Hall–Kier alpha value is -2.37. The maximum absolute atomic E-state index is 14.4. The molecule has 0 aliphatic heterocycles. The van der Waals surface area contributed by atoms with Gasteiger partial charge in [-0.1, -0.05) is 40.9 Å². The van der Waals surface area contributed by atoms with Crippen molar-refractivity contribution in [3.05, 3.63) is 67.7 Å². The number of nitrogens with one attached hydrogen (secondary N) is 2. The van der Waals surface area contributed by atoms with Gasteiger partial charge in [0.25, 0.3) is 5.91 Å². The van der Waals surface area contributed by atoms with Crippen molar-refractivity contribution >= 4 is 52.2 Å². The van der Waals surface area contributed by atoms with Gasteiger partial charge in [-0.05, 0) is 42.7 Å². The fraction of sp³-hybridized carbons (Fsp3) is 0.318. The lowest BCUT2D eigenvalue weighted by Gasteiger charge is -2.30. The minimum atomic E-state index is -6.40.